The van der Waals surface area contributed by atoms with Crippen molar-refractivity contribution in [2.75, 3.05) is 20.1 Å². The average molecular weight is 420 g/mol. The Bertz CT molecular complexity index is 493. The molecule has 0 heterocycles. The highest BCUT2D eigenvalue weighted by Crippen LogP contribution is 2.47. The third-order valence-electron chi connectivity index (χ3n) is 4.38. The highest BCUT2D eigenvalue weighted by atomic mass is 127. The predicted molar refractivity (Wildman–Crippen MR) is 99.9 cm³/mol. The summed E-state index contributed by atoms with van der Waals surface area (Å²) in [5, 5.41) is 7.69. The minimum absolute atomic E-state index is 0. The number of rotatable bonds is 5. The fourth-order valence-corrected chi connectivity index (χ4v) is 2.68. The van der Waals surface area contributed by atoms with Crippen molar-refractivity contribution < 1.29 is 0 Å². The summed E-state index contributed by atoms with van der Waals surface area (Å²) in [5.41, 5.74) is 1.66. The minimum atomic E-state index is 0. The smallest absolute Gasteiger partial charge is 0.191 e. The quantitative estimate of drug-likeness (QED) is 0.435. The topological polar surface area (TPSA) is 36.4 Å². The van der Waals surface area contributed by atoms with Gasteiger partial charge in [0.2, 0.25) is 0 Å². The molecule has 2 aliphatic carbocycles. The van der Waals surface area contributed by atoms with Crippen LogP contribution in [0, 0.1) is 5.92 Å². The molecule has 0 amide bonds. The molecule has 0 unspecified atom stereocenters. The molecule has 21 heavy (non-hydrogen) atoms. The van der Waals surface area contributed by atoms with Crippen molar-refractivity contribution in [2.24, 2.45) is 10.9 Å². The highest BCUT2D eigenvalue weighted by Gasteiger charge is 2.44. The Morgan fingerprint density at radius 2 is 1.90 bits per heavy atom. The van der Waals surface area contributed by atoms with Crippen molar-refractivity contribution >= 4 is 41.5 Å². The van der Waals surface area contributed by atoms with E-state index in [1.165, 1.54) is 31.2 Å². The number of hydrogen-bond acceptors (Lipinski definition) is 1. The van der Waals surface area contributed by atoms with Gasteiger partial charge < -0.3 is 10.6 Å². The zero-order valence-electron chi connectivity index (χ0n) is 12.4. The third kappa shape index (κ3) is 4.49. The first kappa shape index (κ1) is 16.9. The van der Waals surface area contributed by atoms with E-state index in [1.807, 2.05) is 19.2 Å². The Balaban J connectivity index is 0.00000161. The molecule has 2 aliphatic rings. The molecule has 1 aromatic rings. The maximum atomic E-state index is 5.96. The average Bonchev–Trinajstić information content (AvgIpc) is 3.35. The van der Waals surface area contributed by atoms with Crippen LogP contribution in [0.25, 0.3) is 0 Å². The van der Waals surface area contributed by atoms with E-state index in [0.717, 1.165) is 30.0 Å². The molecule has 0 aromatic heterocycles. The lowest BCUT2D eigenvalue weighted by atomic mass is 9.96. The second-order valence-corrected chi connectivity index (χ2v) is 6.47. The van der Waals surface area contributed by atoms with Crippen molar-refractivity contribution in [3.63, 3.8) is 0 Å². The molecule has 0 bridgehead atoms. The molecule has 116 valence electrons. The lowest BCUT2D eigenvalue weighted by Gasteiger charge is -2.19. The van der Waals surface area contributed by atoms with Crippen molar-refractivity contribution in [1.82, 2.24) is 10.6 Å². The van der Waals surface area contributed by atoms with E-state index in [2.05, 4.69) is 27.8 Å². The van der Waals surface area contributed by atoms with Crippen LogP contribution in [-0.2, 0) is 5.41 Å². The Morgan fingerprint density at radius 1 is 1.24 bits per heavy atom. The summed E-state index contributed by atoms with van der Waals surface area (Å²) in [6.07, 6.45) is 5.19. The molecule has 5 heteroatoms. The number of nitrogens with zero attached hydrogens (tertiary/aromatic N) is 1. The molecule has 3 nitrogen and oxygen atoms in total. The second kappa shape index (κ2) is 7.18. The first-order chi connectivity index (χ1) is 9.72. The van der Waals surface area contributed by atoms with E-state index in [1.54, 1.807) is 0 Å². The van der Waals surface area contributed by atoms with Crippen molar-refractivity contribution in [2.45, 2.75) is 31.1 Å². The predicted octanol–water partition coefficient (Wildman–Crippen LogP) is 3.56. The van der Waals surface area contributed by atoms with Gasteiger partial charge in [-0.05, 0) is 49.3 Å². The van der Waals surface area contributed by atoms with Gasteiger partial charge in [0.15, 0.2) is 5.96 Å². The Morgan fingerprint density at radius 3 is 2.43 bits per heavy atom. The van der Waals surface area contributed by atoms with Crippen LogP contribution in [0.1, 0.15) is 31.2 Å². The molecule has 2 N–H and O–H groups in total. The van der Waals surface area contributed by atoms with Gasteiger partial charge in [0, 0.05) is 30.6 Å². The van der Waals surface area contributed by atoms with Crippen LogP contribution in [0.2, 0.25) is 5.02 Å². The van der Waals surface area contributed by atoms with Gasteiger partial charge in [0.25, 0.3) is 0 Å². The summed E-state index contributed by atoms with van der Waals surface area (Å²) in [5.74, 6) is 1.79. The Hall–Kier alpha value is -0.490. The molecular formula is C16H23ClIN3. The summed E-state index contributed by atoms with van der Waals surface area (Å²) in [4.78, 5) is 4.30. The number of benzene rings is 1. The van der Waals surface area contributed by atoms with Gasteiger partial charge in [-0.15, -0.1) is 24.0 Å². The van der Waals surface area contributed by atoms with Gasteiger partial charge in [-0.2, -0.15) is 0 Å². The van der Waals surface area contributed by atoms with E-state index in [9.17, 15) is 0 Å². The van der Waals surface area contributed by atoms with Crippen molar-refractivity contribution in [3.8, 4) is 0 Å². The molecule has 0 aliphatic heterocycles. The summed E-state index contributed by atoms with van der Waals surface area (Å²) in [6, 6.07) is 8.27. The maximum Gasteiger partial charge on any atom is 0.191 e. The zero-order valence-corrected chi connectivity index (χ0v) is 15.4. The molecule has 1 aromatic carbocycles. The van der Waals surface area contributed by atoms with Gasteiger partial charge >= 0.3 is 0 Å². The Labute approximate surface area is 149 Å². The van der Waals surface area contributed by atoms with E-state index in [4.69, 9.17) is 11.6 Å². The van der Waals surface area contributed by atoms with Crippen LogP contribution in [0.4, 0.5) is 0 Å². The maximum absolute atomic E-state index is 5.96. The Kier molecular flexibility index (Phi) is 5.77. The number of nitrogens with one attached hydrogen (secondary N) is 2. The second-order valence-electron chi connectivity index (χ2n) is 6.04. The molecule has 0 spiro atoms. The lowest BCUT2D eigenvalue weighted by molar-refractivity contribution is 0.640. The van der Waals surface area contributed by atoms with E-state index in [-0.39, 0.29) is 29.4 Å². The highest BCUT2D eigenvalue weighted by molar-refractivity contribution is 14.0. The fourth-order valence-electron chi connectivity index (χ4n) is 2.56. The van der Waals surface area contributed by atoms with Gasteiger partial charge in [-0.3, -0.25) is 4.99 Å². The monoisotopic (exact) mass is 419 g/mol. The first-order valence-corrected chi connectivity index (χ1v) is 7.80. The fraction of sp³-hybridized carbons (Fsp3) is 0.562. The molecule has 0 saturated heterocycles. The number of hydrogen-bond donors (Lipinski definition) is 2. The summed E-state index contributed by atoms with van der Waals surface area (Å²) in [6.45, 7) is 1.99. The molecule has 0 radical (unpaired) electrons. The molecule has 3 rings (SSSR count). The van der Waals surface area contributed by atoms with Crippen molar-refractivity contribution in [1.29, 1.82) is 0 Å². The van der Waals surface area contributed by atoms with Crippen molar-refractivity contribution in [3.05, 3.63) is 34.9 Å². The zero-order chi connectivity index (χ0) is 14.0. The van der Waals surface area contributed by atoms with Gasteiger partial charge in [0.05, 0.1) is 0 Å². The third-order valence-corrected chi connectivity index (χ3v) is 4.64. The largest absolute Gasteiger partial charge is 0.356 e. The van der Waals surface area contributed by atoms with Gasteiger partial charge in [-0.1, -0.05) is 23.7 Å². The van der Waals surface area contributed by atoms with Crippen LogP contribution in [0.5, 0.6) is 0 Å². The molecule has 0 atom stereocenters. The van der Waals surface area contributed by atoms with Crippen LogP contribution < -0.4 is 10.6 Å². The number of guanidine groups is 1. The molecule has 2 fully saturated rings. The normalized spacial score (nSPS) is 19.6. The van der Waals surface area contributed by atoms with E-state index < -0.39 is 0 Å². The lowest BCUT2D eigenvalue weighted by Crippen LogP contribution is -2.41. The first-order valence-electron chi connectivity index (χ1n) is 7.42. The van der Waals surface area contributed by atoms with Gasteiger partial charge in [0.1, 0.15) is 0 Å². The van der Waals surface area contributed by atoms with Crippen LogP contribution >= 0.6 is 35.6 Å². The summed E-state index contributed by atoms with van der Waals surface area (Å²) in [7, 11) is 1.84. The number of halogens is 2. The van der Waals surface area contributed by atoms with Crippen LogP contribution in [0.15, 0.2) is 29.3 Å². The van der Waals surface area contributed by atoms with E-state index >= 15 is 0 Å². The van der Waals surface area contributed by atoms with Crippen LogP contribution in [0.3, 0.4) is 0 Å². The molecule has 2 saturated carbocycles. The molecular weight excluding hydrogens is 397 g/mol. The standard InChI is InChI=1S/C16H22ClN3.HI/c1-18-15(19-10-12-2-3-12)20-11-16(8-9-16)13-4-6-14(17)7-5-13;/h4-7,12H,2-3,8-11H2,1H3,(H2,18,19,20);1H. The minimum Gasteiger partial charge on any atom is -0.356 e. The summed E-state index contributed by atoms with van der Waals surface area (Å²) < 4.78 is 0. The SMILES string of the molecule is CN=C(NCC1CC1)NCC1(c2ccc(Cl)cc2)CC1.I. The van der Waals surface area contributed by atoms with Gasteiger partial charge in [-0.25, -0.2) is 0 Å². The van der Waals surface area contributed by atoms with Crippen LogP contribution in [-0.4, -0.2) is 26.1 Å². The summed E-state index contributed by atoms with van der Waals surface area (Å²) >= 11 is 5.96. The number of aliphatic imine (C=N–C) groups is 1. The van der Waals surface area contributed by atoms with E-state index in [0.29, 0.717) is 0 Å².